The highest BCUT2D eigenvalue weighted by molar-refractivity contribution is 4.82. The van der Waals surface area contributed by atoms with Gasteiger partial charge in [-0.1, -0.05) is 39.0 Å². The van der Waals surface area contributed by atoms with Crippen molar-refractivity contribution in [1.82, 2.24) is 5.32 Å². The maximum atomic E-state index is 9.92. The van der Waals surface area contributed by atoms with Crippen molar-refractivity contribution in [1.29, 1.82) is 0 Å². The molecule has 0 radical (unpaired) electrons. The lowest BCUT2D eigenvalue weighted by atomic mass is 9.80. The van der Waals surface area contributed by atoms with Gasteiger partial charge < -0.3 is 10.4 Å². The SMILES string of the molecule is CCC1CCC(CNC2CCCCC2O)CC1. The molecular formula is C15H29NO. The van der Waals surface area contributed by atoms with Crippen LogP contribution in [0.4, 0.5) is 0 Å². The summed E-state index contributed by atoms with van der Waals surface area (Å²) in [5.74, 6) is 1.86. The summed E-state index contributed by atoms with van der Waals surface area (Å²) in [6.45, 7) is 3.46. The van der Waals surface area contributed by atoms with Gasteiger partial charge in [0.15, 0.2) is 0 Å². The van der Waals surface area contributed by atoms with Crippen LogP contribution in [0.15, 0.2) is 0 Å². The van der Waals surface area contributed by atoms with Crippen LogP contribution in [0.3, 0.4) is 0 Å². The molecule has 2 aliphatic rings. The highest BCUT2D eigenvalue weighted by Crippen LogP contribution is 2.30. The van der Waals surface area contributed by atoms with Gasteiger partial charge >= 0.3 is 0 Å². The van der Waals surface area contributed by atoms with E-state index in [-0.39, 0.29) is 6.10 Å². The maximum absolute atomic E-state index is 9.92. The van der Waals surface area contributed by atoms with Crippen LogP contribution in [0, 0.1) is 11.8 Å². The molecule has 2 heteroatoms. The van der Waals surface area contributed by atoms with Gasteiger partial charge in [0.25, 0.3) is 0 Å². The third-order valence-electron chi connectivity index (χ3n) is 4.94. The van der Waals surface area contributed by atoms with Gasteiger partial charge in [0.05, 0.1) is 6.10 Å². The molecule has 2 rings (SSSR count). The molecule has 2 saturated carbocycles. The summed E-state index contributed by atoms with van der Waals surface area (Å²) in [5.41, 5.74) is 0. The Morgan fingerprint density at radius 2 is 1.59 bits per heavy atom. The minimum Gasteiger partial charge on any atom is -0.392 e. The van der Waals surface area contributed by atoms with Crippen molar-refractivity contribution in [2.45, 2.75) is 76.9 Å². The Bertz CT molecular complexity index is 211. The second kappa shape index (κ2) is 6.75. The van der Waals surface area contributed by atoms with Crippen LogP contribution in [0.1, 0.15) is 64.7 Å². The lowest BCUT2D eigenvalue weighted by Gasteiger charge is -2.32. The molecule has 2 aliphatic carbocycles. The minimum absolute atomic E-state index is 0.0873. The molecule has 2 atom stereocenters. The number of nitrogens with one attached hydrogen (secondary N) is 1. The number of aliphatic hydroxyl groups is 1. The highest BCUT2D eigenvalue weighted by atomic mass is 16.3. The van der Waals surface area contributed by atoms with E-state index in [1.165, 1.54) is 51.4 Å². The molecule has 0 spiro atoms. The fourth-order valence-electron chi connectivity index (χ4n) is 3.51. The zero-order valence-electron chi connectivity index (χ0n) is 11.3. The molecule has 0 aromatic rings. The summed E-state index contributed by atoms with van der Waals surface area (Å²) < 4.78 is 0. The van der Waals surface area contributed by atoms with Gasteiger partial charge in [0.1, 0.15) is 0 Å². The smallest absolute Gasteiger partial charge is 0.0693 e. The van der Waals surface area contributed by atoms with Gasteiger partial charge in [-0.25, -0.2) is 0 Å². The molecule has 0 aromatic carbocycles. The normalized spacial score (nSPS) is 39.2. The van der Waals surface area contributed by atoms with Crippen LogP contribution in [0.25, 0.3) is 0 Å². The second-order valence-electron chi connectivity index (χ2n) is 6.16. The third-order valence-corrected chi connectivity index (χ3v) is 4.94. The van der Waals surface area contributed by atoms with E-state index in [1.807, 2.05) is 0 Å². The van der Waals surface area contributed by atoms with Crippen molar-refractivity contribution >= 4 is 0 Å². The predicted molar refractivity (Wildman–Crippen MR) is 72.0 cm³/mol. The molecule has 2 N–H and O–H groups in total. The number of rotatable bonds is 4. The van der Waals surface area contributed by atoms with Gasteiger partial charge in [-0.15, -0.1) is 0 Å². The highest BCUT2D eigenvalue weighted by Gasteiger charge is 2.25. The number of hydrogen-bond donors (Lipinski definition) is 2. The lowest BCUT2D eigenvalue weighted by Crippen LogP contribution is -2.44. The summed E-state index contributed by atoms with van der Waals surface area (Å²) in [6.07, 6.45) is 11.6. The van der Waals surface area contributed by atoms with Crippen LogP contribution < -0.4 is 5.32 Å². The first-order valence-electron chi connectivity index (χ1n) is 7.71. The zero-order valence-corrected chi connectivity index (χ0v) is 11.3. The van der Waals surface area contributed by atoms with Gasteiger partial charge in [-0.05, 0) is 44.1 Å². The van der Waals surface area contributed by atoms with E-state index < -0.39 is 0 Å². The molecule has 2 fully saturated rings. The Morgan fingerprint density at radius 3 is 2.24 bits per heavy atom. The molecule has 0 heterocycles. The first-order valence-corrected chi connectivity index (χ1v) is 7.71. The minimum atomic E-state index is -0.0873. The van der Waals surface area contributed by atoms with E-state index in [1.54, 1.807) is 0 Å². The molecule has 2 unspecified atom stereocenters. The average molecular weight is 239 g/mol. The summed E-state index contributed by atoms with van der Waals surface area (Å²) in [5, 5.41) is 13.5. The second-order valence-corrected chi connectivity index (χ2v) is 6.16. The monoisotopic (exact) mass is 239 g/mol. The molecule has 17 heavy (non-hydrogen) atoms. The van der Waals surface area contributed by atoms with Crippen LogP contribution in [-0.2, 0) is 0 Å². The first kappa shape index (κ1) is 13.4. The van der Waals surface area contributed by atoms with Crippen LogP contribution in [-0.4, -0.2) is 23.8 Å². The lowest BCUT2D eigenvalue weighted by molar-refractivity contribution is 0.0868. The van der Waals surface area contributed by atoms with E-state index in [2.05, 4.69) is 12.2 Å². The van der Waals surface area contributed by atoms with Crippen molar-refractivity contribution < 1.29 is 5.11 Å². The Kier molecular flexibility index (Phi) is 5.30. The molecule has 0 aliphatic heterocycles. The number of hydrogen-bond acceptors (Lipinski definition) is 2. The predicted octanol–water partition coefficient (Wildman–Crippen LogP) is 3.10. The fourth-order valence-corrected chi connectivity index (χ4v) is 3.51. The van der Waals surface area contributed by atoms with Crippen molar-refractivity contribution in [3.63, 3.8) is 0 Å². The maximum Gasteiger partial charge on any atom is 0.0693 e. The molecule has 100 valence electrons. The van der Waals surface area contributed by atoms with Crippen molar-refractivity contribution in [3.8, 4) is 0 Å². The summed E-state index contributed by atoms with van der Waals surface area (Å²) in [6, 6.07) is 0.382. The molecule has 0 aromatic heterocycles. The van der Waals surface area contributed by atoms with E-state index in [0.717, 1.165) is 24.8 Å². The largest absolute Gasteiger partial charge is 0.392 e. The van der Waals surface area contributed by atoms with Crippen molar-refractivity contribution in [2.75, 3.05) is 6.54 Å². The van der Waals surface area contributed by atoms with E-state index in [0.29, 0.717) is 6.04 Å². The van der Waals surface area contributed by atoms with Gasteiger partial charge in [0.2, 0.25) is 0 Å². The molecule has 0 amide bonds. The molecule has 2 nitrogen and oxygen atoms in total. The van der Waals surface area contributed by atoms with Gasteiger partial charge in [-0.2, -0.15) is 0 Å². The number of aliphatic hydroxyl groups excluding tert-OH is 1. The molecule has 0 saturated heterocycles. The zero-order chi connectivity index (χ0) is 12.1. The van der Waals surface area contributed by atoms with Crippen LogP contribution in [0.2, 0.25) is 0 Å². The quantitative estimate of drug-likeness (QED) is 0.790. The summed E-state index contributed by atoms with van der Waals surface area (Å²) in [4.78, 5) is 0. The van der Waals surface area contributed by atoms with Crippen molar-refractivity contribution in [3.05, 3.63) is 0 Å². The van der Waals surface area contributed by atoms with E-state index >= 15 is 0 Å². The van der Waals surface area contributed by atoms with E-state index in [4.69, 9.17) is 0 Å². The Hall–Kier alpha value is -0.0800. The van der Waals surface area contributed by atoms with Gasteiger partial charge in [-0.3, -0.25) is 0 Å². The third kappa shape index (κ3) is 3.96. The van der Waals surface area contributed by atoms with E-state index in [9.17, 15) is 5.11 Å². The van der Waals surface area contributed by atoms with Gasteiger partial charge in [0, 0.05) is 6.04 Å². The fraction of sp³-hybridized carbons (Fsp3) is 1.00. The first-order chi connectivity index (χ1) is 8.29. The molecule has 0 bridgehead atoms. The summed E-state index contributed by atoms with van der Waals surface area (Å²) >= 11 is 0. The van der Waals surface area contributed by atoms with Crippen molar-refractivity contribution in [2.24, 2.45) is 11.8 Å². The van der Waals surface area contributed by atoms with Crippen LogP contribution >= 0.6 is 0 Å². The Morgan fingerprint density at radius 1 is 0.941 bits per heavy atom. The van der Waals surface area contributed by atoms with Crippen LogP contribution in [0.5, 0.6) is 0 Å². The molecular weight excluding hydrogens is 210 g/mol. The topological polar surface area (TPSA) is 32.3 Å². The summed E-state index contributed by atoms with van der Waals surface area (Å²) in [7, 11) is 0. The standard InChI is InChI=1S/C15H29NO/c1-2-12-7-9-13(10-8-12)11-16-14-5-3-4-6-15(14)17/h12-17H,2-11H2,1H3. The average Bonchev–Trinajstić information content (AvgIpc) is 2.38. The Labute approximate surface area is 106 Å². The Balaban J connectivity index is 1.65.